The van der Waals surface area contributed by atoms with Crippen molar-refractivity contribution in [2.45, 2.75) is 19.1 Å². The number of aromatic nitrogens is 2. The molecule has 0 saturated carbocycles. The smallest absolute Gasteiger partial charge is 0.356 e. The minimum absolute atomic E-state index is 0.0766. The first kappa shape index (κ1) is 19.8. The minimum Gasteiger partial charge on any atom is -0.497 e. The third-order valence-electron chi connectivity index (χ3n) is 5.40. The Labute approximate surface area is 174 Å². The van der Waals surface area contributed by atoms with Gasteiger partial charge in [0.15, 0.2) is 0 Å². The number of rotatable bonds is 5. The number of carbonyl (C=O) groups is 1. The molecule has 2 aromatic rings. The lowest BCUT2D eigenvalue weighted by atomic mass is 9.83. The Morgan fingerprint density at radius 3 is 2.73 bits per heavy atom. The number of nitrogens with zero attached hydrogens (tertiary/aromatic N) is 2. The van der Waals surface area contributed by atoms with Gasteiger partial charge >= 0.3 is 5.97 Å². The largest absolute Gasteiger partial charge is 0.497 e. The van der Waals surface area contributed by atoms with Crippen LogP contribution in [0.3, 0.4) is 0 Å². The molecule has 4 rings (SSSR count). The highest BCUT2D eigenvalue weighted by Gasteiger charge is 2.39. The Hall–Kier alpha value is -3.45. The predicted octanol–water partition coefficient (Wildman–Crippen LogP) is 2.79. The number of hydrogen-bond acceptors (Lipinski definition) is 7. The maximum absolute atomic E-state index is 11.9. The normalized spacial score (nSPS) is 21.2. The van der Waals surface area contributed by atoms with Crippen molar-refractivity contribution in [3.8, 4) is 0 Å². The van der Waals surface area contributed by atoms with Gasteiger partial charge in [-0.15, -0.1) is 0 Å². The topological polar surface area (TPSA) is 93.6 Å². The Bertz CT molecular complexity index is 1060. The summed E-state index contributed by atoms with van der Waals surface area (Å²) in [5.74, 6) is 0.155. The third-order valence-corrected chi connectivity index (χ3v) is 5.40. The summed E-state index contributed by atoms with van der Waals surface area (Å²) in [5, 5.41) is 14.9. The van der Waals surface area contributed by atoms with E-state index >= 15 is 0 Å². The first-order valence-corrected chi connectivity index (χ1v) is 9.62. The standard InChI is InChI=1S/C23H23N3O4/c1-13-10-15-18(11-19(13)29-2)26-21(14-6-5-9-24-12-14)20(15)22(27)16-7-4-8-17(25-16)23(28)30-3/h4-12,15,18,22,26-27H,1-3H3. The number of methoxy groups -OCH3 is 2. The van der Waals surface area contributed by atoms with E-state index in [0.29, 0.717) is 5.69 Å². The Morgan fingerprint density at radius 1 is 1.20 bits per heavy atom. The third kappa shape index (κ3) is 3.48. The van der Waals surface area contributed by atoms with Crippen molar-refractivity contribution >= 4 is 11.7 Å². The van der Waals surface area contributed by atoms with Crippen molar-refractivity contribution < 1.29 is 19.4 Å². The fourth-order valence-corrected chi connectivity index (χ4v) is 3.97. The SMILES string of the molecule is COC(=O)c1cccc(C(O)C2=C(c3cccnc3)NC3C=C(OC)C(C)=CC23)n1. The van der Waals surface area contributed by atoms with Crippen LogP contribution in [-0.4, -0.2) is 41.3 Å². The van der Waals surface area contributed by atoms with Gasteiger partial charge in [0.05, 0.1) is 26.0 Å². The van der Waals surface area contributed by atoms with Crippen molar-refractivity contribution in [2.75, 3.05) is 14.2 Å². The number of ether oxygens (including phenoxy) is 2. The summed E-state index contributed by atoms with van der Waals surface area (Å²) in [6, 6.07) is 8.67. The number of carbonyl (C=O) groups excluding carboxylic acids is 1. The van der Waals surface area contributed by atoms with Gasteiger partial charge in [-0.05, 0) is 48.4 Å². The molecule has 0 amide bonds. The van der Waals surface area contributed by atoms with Gasteiger partial charge in [-0.1, -0.05) is 12.1 Å². The molecule has 2 N–H and O–H groups in total. The summed E-state index contributed by atoms with van der Waals surface area (Å²) in [4.78, 5) is 20.5. The van der Waals surface area contributed by atoms with Crippen LogP contribution in [0.1, 0.15) is 34.8 Å². The molecular formula is C23H23N3O4. The van der Waals surface area contributed by atoms with Gasteiger partial charge < -0.3 is 19.9 Å². The van der Waals surface area contributed by atoms with Crippen molar-refractivity contribution in [2.24, 2.45) is 5.92 Å². The quantitative estimate of drug-likeness (QED) is 0.739. The molecule has 3 heterocycles. The Balaban J connectivity index is 1.81. The molecule has 2 aromatic heterocycles. The monoisotopic (exact) mass is 405 g/mol. The van der Waals surface area contributed by atoms with Crippen LogP contribution in [-0.2, 0) is 9.47 Å². The molecule has 0 bridgehead atoms. The van der Waals surface area contributed by atoms with E-state index in [1.807, 2.05) is 25.1 Å². The molecular weight excluding hydrogens is 382 g/mol. The second kappa shape index (κ2) is 8.12. The van der Waals surface area contributed by atoms with Gasteiger partial charge in [0.25, 0.3) is 0 Å². The highest BCUT2D eigenvalue weighted by atomic mass is 16.5. The molecule has 1 aliphatic heterocycles. The van der Waals surface area contributed by atoms with E-state index in [9.17, 15) is 9.90 Å². The molecule has 3 atom stereocenters. The van der Waals surface area contributed by atoms with Crippen molar-refractivity contribution in [3.05, 3.63) is 88.7 Å². The van der Waals surface area contributed by atoms with Crippen LogP contribution < -0.4 is 5.32 Å². The number of aliphatic hydroxyl groups excluding tert-OH is 1. The molecule has 7 nitrogen and oxygen atoms in total. The minimum atomic E-state index is -1.02. The Morgan fingerprint density at radius 2 is 2.03 bits per heavy atom. The molecule has 7 heteroatoms. The van der Waals surface area contributed by atoms with Crippen molar-refractivity contribution in [1.82, 2.24) is 15.3 Å². The van der Waals surface area contributed by atoms with E-state index in [-0.39, 0.29) is 17.7 Å². The molecule has 2 aliphatic rings. The maximum atomic E-state index is 11.9. The van der Waals surface area contributed by atoms with Gasteiger partial charge in [0.2, 0.25) is 0 Å². The van der Waals surface area contributed by atoms with Crippen molar-refractivity contribution in [3.63, 3.8) is 0 Å². The molecule has 0 fully saturated rings. The van der Waals surface area contributed by atoms with Crippen LogP contribution in [0.25, 0.3) is 5.70 Å². The lowest BCUT2D eigenvalue weighted by Gasteiger charge is -2.25. The first-order chi connectivity index (χ1) is 14.5. The summed E-state index contributed by atoms with van der Waals surface area (Å²) in [6.07, 6.45) is 6.55. The van der Waals surface area contributed by atoms with Crippen molar-refractivity contribution in [1.29, 1.82) is 0 Å². The molecule has 154 valence electrons. The average Bonchev–Trinajstić information content (AvgIpc) is 3.16. The second-order valence-corrected chi connectivity index (χ2v) is 7.19. The zero-order valence-electron chi connectivity index (χ0n) is 17.0. The number of allylic oxidation sites excluding steroid dienone is 1. The molecule has 3 unspecified atom stereocenters. The summed E-state index contributed by atoms with van der Waals surface area (Å²) < 4.78 is 10.2. The first-order valence-electron chi connectivity index (χ1n) is 9.62. The number of aliphatic hydroxyl groups is 1. The molecule has 0 saturated heterocycles. The van der Waals surface area contributed by atoms with Gasteiger partial charge in [0.1, 0.15) is 17.6 Å². The highest BCUT2D eigenvalue weighted by Crippen LogP contribution is 2.43. The fourth-order valence-electron chi connectivity index (χ4n) is 3.97. The molecule has 30 heavy (non-hydrogen) atoms. The van der Waals surface area contributed by atoms with Gasteiger partial charge in [0, 0.05) is 29.6 Å². The van der Waals surface area contributed by atoms with E-state index < -0.39 is 12.1 Å². The number of fused-ring (bicyclic) bond motifs is 1. The van der Waals surface area contributed by atoms with Gasteiger partial charge in [-0.3, -0.25) is 4.98 Å². The van der Waals surface area contributed by atoms with Crippen LogP contribution in [0.5, 0.6) is 0 Å². The number of pyridine rings is 2. The summed E-state index contributed by atoms with van der Waals surface area (Å²) >= 11 is 0. The van der Waals surface area contributed by atoms with Crippen LogP contribution in [0.15, 0.2) is 71.8 Å². The predicted molar refractivity (Wildman–Crippen MR) is 111 cm³/mol. The summed E-state index contributed by atoms with van der Waals surface area (Å²) in [7, 11) is 2.95. The maximum Gasteiger partial charge on any atom is 0.356 e. The van der Waals surface area contributed by atoms with E-state index in [2.05, 4.69) is 21.4 Å². The molecule has 0 aromatic carbocycles. The van der Waals surface area contributed by atoms with E-state index in [1.165, 1.54) is 7.11 Å². The summed E-state index contributed by atoms with van der Waals surface area (Å²) in [5.41, 5.74) is 3.96. The highest BCUT2D eigenvalue weighted by molar-refractivity contribution is 5.87. The number of nitrogens with one attached hydrogen (secondary N) is 1. The van der Waals surface area contributed by atoms with Crippen LogP contribution >= 0.6 is 0 Å². The van der Waals surface area contributed by atoms with Gasteiger partial charge in [-0.2, -0.15) is 0 Å². The Kier molecular flexibility index (Phi) is 5.37. The van der Waals surface area contributed by atoms with Crippen LogP contribution in [0.4, 0.5) is 0 Å². The fraction of sp³-hybridized carbons (Fsp3) is 0.261. The number of hydrogen-bond donors (Lipinski definition) is 2. The second-order valence-electron chi connectivity index (χ2n) is 7.19. The average molecular weight is 405 g/mol. The van der Waals surface area contributed by atoms with E-state index in [0.717, 1.165) is 28.2 Å². The van der Waals surface area contributed by atoms with Crippen LogP contribution in [0, 0.1) is 5.92 Å². The zero-order chi connectivity index (χ0) is 21.3. The molecule has 0 spiro atoms. The van der Waals surface area contributed by atoms with E-state index in [1.54, 1.807) is 37.7 Å². The lowest BCUT2D eigenvalue weighted by molar-refractivity contribution is 0.0593. The molecule has 1 aliphatic carbocycles. The van der Waals surface area contributed by atoms with Crippen LogP contribution in [0.2, 0.25) is 0 Å². The molecule has 0 radical (unpaired) electrons. The van der Waals surface area contributed by atoms with E-state index in [4.69, 9.17) is 9.47 Å². The number of esters is 1. The zero-order valence-corrected chi connectivity index (χ0v) is 17.0. The van der Waals surface area contributed by atoms with Gasteiger partial charge in [-0.25, -0.2) is 9.78 Å². The lowest BCUT2D eigenvalue weighted by Crippen LogP contribution is -2.29. The summed E-state index contributed by atoms with van der Waals surface area (Å²) in [6.45, 7) is 1.98.